The normalized spacial score (nSPS) is 17.8. The SMILES string of the molecule is C[C@H]1CN(c2ncc([C@H](O)CO)cc2F)CCN1C(=O)Nc1nc2ccc(F)cc2s1. The Hall–Kier alpha value is -2.89. The minimum atomic E-state index is -1.19. The van der Waals surface area contributed by atoms with E-state index >= 15 is 0 Å². The van der Waals surface area contributed by atoms with Crippen molar-refractivity contribution in [3.05, 3.63) is 47.7 Å². The van der Waals surface area contributed by atoms with Crippen molar-refractivity contribution < 1.29 is 23.8 Å². The lowest BCUT2D eigenvalue weighted by Gasteiger charge is -2.40. The van der Waals surface area contributed by atoms with Crippen LogP contribution in [0.15, 0.2) is 30.5 Å². The van der Waals surface area contributed by atoms with Crippen LogP contribution in [0.3, 0.4) is 0 Å². The Morgan fingerprint density at radius 3 is 2.87 bits per heavy atom. The van der Waals surface area contributed by atoms with E-state index in [1.54, 1.807) is 15.9 Å². The van der Waals surface area contributed by atoms with Crippen LogP contribution in [0, 0.1) is 11.6 Å². The van der Waals surface area contributed by atoms with Crippen molar-refractivity contribution in [2.24, 2.45) is 0 Å². The Morgan fingerprint density at radius 1 is 1.35 bits per heavy atom. The van der Waals surface area contributed by atoms with E-state index in [1.807, 2.05) is 6.92 Å². The van der Waals surface area contributed by atoms with Crippen LogP contribution in [-0.4, -0.2) is 63.4 Å². The number of pyridine rings is 1. The zero-order valence-electron chi connectivity index (χ0n) is 16.6. The molecule has 1 aliphatic rings. The van der Waals surface area contributed by atoms with E-state index in [0.29, 0.717) is 35.0 Å². The summed E-state index contributed by atoms with van der Waals surface area (Å²) in [6.45, 7) is 2.41. The van der Waals surface area contributed by atoms with E-state index < -0.39 is 18.5 Å². The highest BCUT2D eigenvalue weighted by Crippen LogP contribution is 2.28. The Kier molecular flexibility index (Phi) is 5.99. The van der Waals surface area contributed by atoms with Crippen LogP contribution in [0.2, 0.25) is 0 Å². The zero-order valence-corrected chi connectivity index (χ0v) is 17.4. The van der Waals surface area contributed by atoms with Crippen molar-refractivity contribution in [2.45, 2.75) is 19.1 Å². The van der Waals surface area contributed by atoms with Gasteiger partial charge in [-0.3, -0.25) is 5.32 Å². The standard InChI is InChI=1S/C20H21F2N5O3S/c1-11-9-26(18-14(22)6-12(8-23-18)16(29)10-28)4-5-27(11)20(30)25-19-24-15-3-2-13(21)7-17(15)31-19/h2-3,6-8,11,16,28-29H,4-5,9-10H2,1H3,(H,24,25,30)/t11-,16+/m0/s1. The van der Waals surface area contributed by atoms with Gasteiger partial charge in [0.1, 0.15) is 11.9 Å². The number of nitrogens with zero attached hydrogens (tertiary/aromatic N) is 4. The lowest BCUT2D eigenvalue weighted by atomic mass is 10.1. The average Bonchev–Trinajstić information content (AvgIpc) is 3.14. The first kappa shape index (κ1) is 21.3. The quantitative estimate of drug-likeness (QED) is 0.566. The van der Waals surface area contributed by atoms with Crippen molar-refractivity contribution in [1.82, 2.24) is 14.9 Å². The Morgan fingerprint density at radius 2 is 2.16 bits per heavy atom. The molecule has 2 aromatic heterocycles. The molecule has 1 aliphatic heterocycles. The number of urea groups is 1. The molecule has 2 amide bonds. The van der Waals surface area contributed by atoms with Gasteiger partial charge >= 0.3 is 6.03 Å². The van der Waals surface area contributed by atoms with Crippen LogP contribution in [0.25, 0.3) is 10.2 Å². The summed E-state index contributed by atoms with van der Waals surface area (Å²) < 4.78 is 28.5. The van der Waals surface area contributed by atoms with Gasteiger partial charge in [-0.2, -0.15) is 0 Å². The number of aliphatic hydroxyl groups is 2. The molecule has 11 heteroatoms. The van der Waals surface area contributed by atoms with Gasteiger partial charge in [0.05, 0.1) is 16.8 Å². The van der Waals surface area contributed by atoms with Gasteiger partial charge in [0, 0.05) is 37.4 Å². The number of amides is 2. The van der Waals surface area contributed by atoms with Gasteiger partial charge in [0.2, 0.25) is 0 Å². The fourth-order valence-electron chi connectivity index (χ4n) is 3.53. The molecular formula is C20H21F2N5O3S. The predicted octanol–water partition coefficient (Wildman–Crippen LogP) is 2.74. The highest BCUT2D eigenvalue weighted by Gasteiger charge is 2.30. The minimum Gasteiger partial charge on any atom is -0.393 e. The molecule has 0 aliphatic carbocycles. The molecule has 1 fully saturated rings. The lowest BCUT2D eigenvalue weighted by molar-refractivity contribution is 0.0951. The van der Waals surface area contributed by atoms with Crippen LogP contribution in [0.1, 0.15) is 18.6 Å². The monoisotopic (exact) mass is 449 g/mol. The average molecular weight is 449 g/mol. The number of halogens is 2. The largest absolute Gasteiger partial charge is 0.393 e. The van der Waals surface area contributed by atoms with Crippen molar-refractivity contribution in [2.75, 3.05) is 36.5 Å². The second-order valence-corrected chi connectivity index (χ2v) is 8.35. The van der Waals surface area contributed by atoms with Crippen LogP contribution in [0.4, 0.5) is 24.5 Å². The number of aromatic nitrogens is 2. The number of fused-ring (bicyclic) bond motifs is 1. The third kappa shape index (κ3) is 4.43. The molecule has 0 spiro atoms. The first-order chi connectivity index (χ1) is 14.9. The summed E-state index contributed by atoms with van der Waals surface area (Å²) in [6.07, 6.45) is 0.147. The van der Waals surface area contributed by atoms with Crippen LogP contribution in [-0.2, 0) is 0 Å². The fraction of sp³-hybridized carbons (Fsp3) is 0.350. The third-order valence-electron chi connectivity index (χ3n) is 5.15. The molecule has 3 heterocycles. The molecule has 3 N–H and O–H groups in total. The minimum absolute atomic E-state index is 0.133. The maximum absolute atomic E-state index is 14.5. The smallest absolute Gasteiger partial charge is 0.324 e. The number of hydrogen-bond donors (Lipinski definition) is 3. The number of hydrogen-bond acceptors (Lipinski definition) is 7. The van der Waals surface area contributed by atoms with Gasteiger partial charge in [-0.15, -0.1) is 0 Å². The first-order valence-corrected chi connectivity index (χ1v) is 10.5. The van der Waals surface area contributed by atoms with Gasteiger partial charge in [-0.05, 0) is 31.2 Å². The van der Waals surface area contributed by atoms with E-state index in [1.165, 1.54) is 29.7 Å². The summed E-state index contributed by atoms with van der Waals surface area (Å²) >= 11 is 1.19. The molecule has 1 saturated heterocycles. The molecule has 2 atom stereocenters. The van der Waals surface area contributed by atoms with Crippen LogP contribution in [0.5, 0.6) is 0 Å². The van der Waals surface area contributed by atoms with Gasteiger partial charge in [-0.1, -0.05) is 11.3 Å². The lowest BCUT2D eigenvalue weighted by Crippen LogP contribution is -2.55. The van der Waals surface area contributed by atoms with Crippen LogP contribution < -0.4 is 10.2 Å². The summed E-state index contributed by atoms with van der Waals surface area (Å²) in [7, 11) is 0. The van der Waals surface area contributed by atoms with Crippen molar-refractivity contribution in [1.29, 1.82) is 0 Å². The van der Waals surface area contributed by atoms with E-state index in [9.17, 15) is 18.7 Å². The summed E-state index contributed by atoms with van der Waals surface area (Å²) in [6, 6.07) is 4.84. The fourth-order valence-corrected chi connectivity index (χ4v) is 4.41. The Labute approximate surface area is 180 Å². The second kappa shape index (κ2) is 8.69. The number of rotatable bonds is 4. The van der Waals surface area contributed by atoms with E-state index in [0.717, 1.165) is 6.07 Å². The second-order valence-electron chi connectivity index (χ2n) is 7.32. The van der Waals surface area contributed by atoms with Crippen molar-refractivity contribution in [3.63, 3.8) is 0 Å². The molecule has 31 heavy (non-hydrogen) atoms. The number of benzene rings is 1. The molecule has 0 saturated carbocycles. The van der Waals surface area contributed by atoms with Gasteiger partial charge in [0.15, 0.2) is 16.8 Å². The molecule has 0 bridgehead atoms. The molecule has 4 rings (SSSR count). The zero-order chi connectivity index (χ0) is 22.1. The molecule has 3 aromatic rings. The highest BCUT2D eigenvalue weighted by molar-refractivity contribution is 7.22. The van der Waals surface area contributed by atoms with Gasteiger partial charge in [-0.25, -0.2) is 23.5 Å². The summed E-state index contributed by atoms with van der Waals surface area (Å²) in [4.78, 5) is 24.5. The number of carbonyl (C=O) groups excluding carboxylic acids is 1. The molecule has 164 valence electrons. The molecule has 8 nitrogen and oxygen atoms in total. The first-order valence-electron chi connectivity index (χ1n) is 9.68. The number of aliphatic hydroxyl groups excluding tert-OH is 2. The number of carbonyl (C=O) groups is 1. The maximum Gasteiger partial charge on any atom is 0.324 e. The maximum atomic E-state index is 14.5. The summed E-state index contributed by atoms with van der Waals surface area (Å²) in [5.74, 6) is -0.829. The van der Waals surface area contributed by atoms with Crippen molar-refractivity contribution in [3.8, 4) is 0 Å². The number of piperazine rings is 1. The summed E-state index contributed by atoms with van der Waals surface area (Å²) in [5, 5.41) is 21.8. The third-order valence-corrected chi connectivity index (χ3v) is 6.09. The van der Waals surface area contributed by atoms with Crippen LogP contribution >= 0.6 is 11.3 Å². The summed E-state index contributed by atoms with van der Waals surface area (Å²) in [5.41, 5.74) is 0.807. The molecule has 0 radical (unpaired) electrons. The predicted molar refractivity (Wildman–Crippen MR) is 113 cm³/mol. The molecule has 1 aromatic carbocycles. The number of anilines is 2. The van der Waals surface area contributed by atoms with E-state index in [-0.39, 0.29) is 29.3 Å². The van der Waals surface area contributed by atoms with Gasteiger partial charge < -0.3 is 20.0 Å². The topological polar surface area (TPSA) is 102 Å². The highest BCUT2D eigenvalue weighted by atomic mass is 32.1. The number of thiazole rings is 1. The van der Waals surface area contributed by atoms with Gasteiger partial charge in [0.25, 0.3) is 0 Å². The molecule has 0 unspecified atom stereocenters. The number of nitrogens with one attached hydrogen (secondary N) is 1. The Balaban J connectivity index is 1.42. The van der Waals surface area contributed by atoms with Crippen molar-refractivity contribution >= 4 is 38.5 Å². The Bertz CT molecular complexity index is 1110. The molecular weight excluding hydrogens is 428 g/mol. The van der Waals surface area contributed by atoms with E-state index in [4.69, 9.17) is 5.11 Å². The van der Waals surface area contributed by atoms with E-state index in [2.05, 4.69) is 15.3 Å².